The summed E-state index contributed by atoms with van der Waals surface area (Å²) in [5.74, 6) is -3.16. The third kappa shape index (κ3) is 29.4. The number of hydrogen-bond acceptors (Lipinski definition) is 18. The van der Waals surface area contributed by atoms with Gasteiger partial charge in [0.25, 0.3) is 0 Å². The summed E-state index contributed by atoms with van der Waals surface area (Å²) in [5, 5.41) is 52.1. The van der Waals surface area contributed by atoms with Crippen LogP contribution in [-0.2, 0) is 56.8 Å². The zero-order valence-corrected chi connectivity index (χ0v) is 65.0. The first kappa shape index (κ1) is 90.6. The molecule has 0 N–H and O–H groups in total. The molecule has 12 rings (SSSR count). The highest BCUT2D eigenvalue weighted by atomic mass is 19.1. The van der Waals surface area contributed by atoms with Gasteiger partial charge in [-0.2, -0.15) is 31.6 Å². The highest BCUT2D eigenvalue weighted by Crippen LogP contribution is 2.36. The summed E-state index contributed by atoms with van der Waals surface area (Å²) in [5.41, 5.74) is 4.05. The molecular weight excluding hydrogens is 1450 g/mol. The van der Waals surface area contributed by atoms with Gasteiger partial charge in [-0.3, -0.25) is 0 Å². The summed E-state index contributed by atoms with van der Waals surface area (Å²) >= 11 is 0. The lowest BCUT2D eigenvalue weighted by Crippen LogP contribution is -2.27. The van der Waals surface area contributed by atoms with Crippen LogP contribution in [0.5, 0.6) is 0 Å². The molecule has 18 nitrogen and oxygen atoms in total. The van der Waals surface area contributed by atoms with Gasteiger partial charge in [0.2, 0.25) is 0 Å². The molecule has 0 aromatic heterocycles. The highest BCUT2D eigenvalue weighted by molar-refractivity contribution is 5.38. The van der Waals surface area contributed by atoms with Gasteiger partial charge in [-0.05, 0) is 150 Å². The Kier molecular flexibility index (Phi) is 40.2. The average Bonchev–Trinajstić information content (AvgIpc) is 0.532. The summed E-state index contributed by atoms with van der Waals surface area (Å²) in [6.07, 6.45) is 21.2. The molecule has 12 atom stereocenters. The van der Waals surface area contributed by atoms with Crippen molar-refractivity contribution in [1.29, 1.82) is 31.6 Å². The van der Waals surface area contributed by atoms with E-state index in [0.717, 1.165) is 96.3 Å². The van der Waals surface area contributed by atoms with Gasteiger partial charge in [-0.15, -0.1) is 0 Å². The van der Waals surface area contributed by atoms with E-state index in [0.29, 0.717) is 73.0 Å². The minimum atomic E-state index is -0.537. The van der Waals surface area contributed by atoms with Crippen LogP contribution in [0.2, 0.25) is 0 Å². The maximum Gasteiger partial charge on any atom is 0.184 e. The predicted octanol–water partition coefficient (Wildman–Crippen LogP) is 21.4. The van der Waals surface area contributed by atoms with E-state index in [1.807, 2.05) is 26.0 Å². The van der Waals surface area contributed by atoms with Crippen molar-refractivity contribution >= 4 is 0 Å². The van der Waals surface area contributed by atoms with Gasteiger partial charge < -0.3 is 56.8 Å². The highest BCUT2D eigenvalue weighted by Gasteiger charge is 2.31. The maximum atomic E-state index is 13.7. The topological polar surface area (TPSA) is 253 Å². The molecular formula is C88H104F6N6O12. The average molecular weight is 1550 g/mol. The fourth-order valence-corrected chi connectivity index (χ4v) is 12.8. The number of nitriles is 6. The third-order valence-electron chi connectivity index (χ3n) is 19.3. The Bertz CT molecular complexity index is 4130. The second-order valence-electron chi connectivity index (χ2n) is 27.8. The Morgan fingerprint density at radius 3 is 0.768 bits per heavy atom. The number of hydrogen-bond donors (Lipinski definition) is 0. The molecule has 6 aliphatic heterocycles. The van der Waals surface area contributed by atoms with E-state index in [4.69, 9.17) is 88.4 Å². The Morgan fingerprint density at radius 1 is 0.277 bits per heavy atom. The summed E-state index contributed by atoms with van der Waals surface area (Å²) in [6.45, 7) is 16.4. The fraction of sp³-hybridized carbons (Fsp3) is 0.523. The molecule has 6 aromatic rings. The SMILES string of the molecule is CC1CCOC(c2ccc(C#N)c(F)c2)O1.CCC1CCOC(c2ccc(C#N)c(F)c2)O1.CCCC1CCOC(c2ccc(C#N)c(F)c2)O1.CCCCC1CCOC(c2ccc(C#N)c(F)c2)O1.CCCCCC1CCOC(c2ccc(C#N)c(F)c2)O1.CCCCCCCC1CCOC(c2ccc(C#N)c(F)c2)O1. The quantitative estimate of drug-likeness (QED) is 0.0452. The number of halogens is 6. The van der Waals surface area contributed by atoms with Gasteiger partial charge in [-0.25, -0.2) is 26.3 Å². The molecule has 112 heavy (non-hydrogen) atoms. The van der Waals surface area contributed by atoms with Gasteiger partial charge in [0.1, 0.15) is 71.3 Å². The van der Waals surface area contributed by atoms with E-state index >= 15 is 0 Å². The van der Waals surface area contributed by atoms with Gasteiger partial charge in [0, 0.05) is 33.4 Å². The first-order valence-corrected chi connectivity index (χ1v) is 39.2. The van der Waals surface area contributed by atoms with Crippen molar-refractivity contribution < 1.29 is 83.2 Å². The van der Waals surface area contributed by atoms with Crippen molar-refractivity contribution in [2.45, 2.75) is 257 Å². The van der Waals surface area contributed by atoms with E-state index < -0.39 is 72.6 Å². The van der Waals surface area contributed by atoms with E-state index in [2.05, 4.69) is 27.7 Å². The van der Waals surface area contributed by atoms with Crippen LogP contribution in [0, 0.1) is 103 Å². The first-order valence-electron chi connectivity index (χ1n) is 39.2. The second-order valence-corrected chi connectivity index (χ2v) is 27.8. The molecule has 12 unspecified atom stereocenters. The molecule has 6 aromatic carbocycles. The molecule has 0 aliphatic carbocycles. The van der Waals surface area contributed by atoms with E-state index in [1.54, 1.807) is 60.7 Å². The lowest BCUT2D eigenvalue weighted by molar-refractivity contribution is -0.218. The normalized spacial score (nSPS) is 23.2. The zero-order valence-electron chi connectivity index (χ0n) is 65.0. The first-order chi connectivity index (χ1) is 54.4. The molecule has 0 saturated carbocycles. The molecule has 6 aliphatic rings. The number of rotatable bonds is 22. The minimum Gasteiger partial charge on any atom is -0.348 e. The predicted molar refractivity (Wildman–Crippen MR) is 404 cm³/mol. The van der Waals surface area contributed by atoms with Crippen molar-refractivity contribution in [2.24, 2.45) is 0 Å². The number of nitrogens with zero attached hydrogens (tertiary/aromatic N) is 6. The van der Waals surface area contributed by atoms with E-state index in [1.165, 1.54) is 118 Å². The Hall–Kier alpha value is -8.64. The molecule has 0 amide bonds. The molecule has 24 heteroatoms. The number of unbranched alkanes of at least 4 members (excludes halogenated alkanes) is 7. The largest absolute Gasteiger partial charge is 0.348 e. The van der Waals surface area contributed by atoms with Gasteiger partial charge in [-0.1, -0.05) is 142 Å². The van der Waals surface area contributed by atoms with Gasteiger partial charge in [0.15, 0.2) is 37.7 Å². The zero-order chi connectivity index (χ0) is 80.6. The summed E-state index contributed by atoms with van der Waals surface area (Å²) < 4.78 is 149. The van der Waals surface area contributed by atoms with Crippen LogP contribution in [0.25, 0.3) is 0 Å². The van der Waals surface area contributed by atoms with Crippen molar-refractivity contribution in [3.8, 4) is 36.4 Å². The minimum absolute atomic E-state index is 0.0348. The monoisotopic (exact) mass is 1550 g/mol. The summed E-state index contributed by atoms with van der Waals surface area (Å²) in [4.78, 5) is 0. The van der Waals surface area contributed by atoms with Crippen molar-refractivity contribution in [3.05, 3.63) is 211 Å². The lowest BCUT2D eigenvalue weighted by Gasteiger charge is -2.30. The van der Waals surface area contributed by atoms with Crippen LogP contribution in [0.15, 0.2) is 109 Å². The maximum absolute atomic E-state index is 13.7. The van der Waals surface area contributed by atoms with Crippen molar-refractivity contribution in [3.63, 3.8) is 0 Å². The van der Waals surface area contributed by atoms with Gasteiger partial charge >= 0.3 is 0 Å². The molecule has 600 valence electrons. The second kappa shape index (κ2) is 49.8. The Balaban J connectivity index is 0.000000187. The lowest BCUT2D eigenvalue weighted by atomic mass is 10.0. The fourth-order valence-electron chi connectivity index (χ4n) is 12.8. The van der Waals surface area contributed by atoms with Crippen LogP contribution in [0.4, 0.5) is 26.3 Å². The van der Waals surface area contributed by atoms with E-state index in [9.17, 15) is 26.3 Å². The van der Waals surface area contributed by atoms with E-state index in [-0.39, 0.29) is 70.0 Å². The van der Waals surface area contributed by atoms with Crippen LogP contribution >= 0.6 is 0 Å². The smallest absolute Gasteiger partial charge is 0.184 e. The van der Waals surface area contributed by atoms with Crippen molar-refractivity contribution in [1.82, 2.24) is 0 Å². The molecule has 6 saturated heterocycles. The third-order valence-corrected chi connectivity index (χ3v) is 19.3. The number of ether oxygens (including phenoxy) is 12. The van der Waals surface area contributed by atoms with Crippen molar-refractivity contribution in [2.75, 3.05) is 39.6 Å². The van der Waals surface area contributed by atoms with Crippen LogP contribution in [0.3, 0.4) is 0 Å². The van der Waals surface area contributed by atoms with Crippen LogP contribution < -0.4 is 0 Å². The molecule has 0 radical (unpaired) electrons. The summed E-state index contributed by atoms with van der Waals surface area (Å²) in [7, 11) is 0. The standard InChI is InChI=1S/C18H24FNO2.C16H20FNO2.C15H18FNO2.C14H16FNO2.C13H14FNO2.C12H12FNO2/c1-2-3-4-5-6-7-16-10-11-21-18(22-16)14-8-9-15(13-20)17(19)12-14;1-2-3-4-5-14-8-9-19-16(20-14)12-6-7-13(11-18)15(17)10-12;1-2-3-4-13-7-8-18-15(19-13)11-5-6-12(10-17)14(16)9-11;1-2-3-12-6-7-17-14(18-12)10-4-5-11(9-16)13(15)8-10;1-2-11-5-6-16-13(17-11)9-3-4-10(8-15)12(14)7-9;1-8-4-5-15-12(16-8)9-2-3-10(7-14)11(13)6-9/h8-9,12,16,18H,2-7,10-11H2,1H3;6-7,10,14,16H,2-5,8-9H2,1H3;5-6,9,13,15H,2-4,7-8H2,1H3;4-5,8,12,14H,2-3,6-7H2,1H3;3-4,7,11,13H,2,5-6H2,1H3;2-3,6,8,12H,4-5H2,1H3. The molecule has 0 bridgehead atoms. The molecule has 6 fully saturated rings. The number of benzene rings is 6. The summed E-state index contributed by atoms with van der Waals surface area (Å²) in [6, 6.07) is 37.6. The Labute approximate surface area is 655 Å². The van der Waals surface area contributed by atoms with Crippen LogP contribution in [0.1, 0.15) is 287 Å². The van der Waals surface area contributed by atoms with Crippen LogP contribution in [-0.4, -0.2) is 76.3 Å². The van der Waals surface area contributed by atoms with Gasteiger partial charge in [0.05, 0.1) is 110 Å². The molecule has 6 heterocycles. The Morgan fingerprint density at radius 2 is 0.509 bits per heavy atom. The molecule has 0 spiro atoms.